The fourth-order valence-corrected chi connectivity index (χ4v) is 5.20. The van der Waals surface area contributed by atoms with Crippen LogP contribution in [0.25, 0.3) is 10.9 Å². The maximum atomic E-state index is 13.1. The van der Waals surface area contributed by atoms with Crippen molar-refractivity contribution in [1.82, 2.24) is 14.9 Å². The summed E-state index contributed by atoms with van der Waals surface area (Å²) in [5.74, 6) is -0.446. The molecule has 37 heavy (non-hydrogen) atoms. The predicted molar refractivity (Wildman–Crippen MR) is 136 cm³/mol. The summed E-state index contributed by atoms with van der Waals surface area (Å²) in [5.41, 5.74) is 0.996. The summed E-state index contributed by atoms with van der Waals surface area (Å²) >= 11 is 0. The van der Waals surface area contributed by atoms with Gasteiger partial charge in [-0.15, -0.1) is 4.40 Å². The van der Waals surface area contributed by atoms with E-state index in [4.69, 9.17) is 14.7 Å². The van der Waals surface area contributed by atoms with Crippen molar-refractivity contribution in [2.24, 2.45) is 11.4 Å². The zero-order valence-electron chi connectivity index (χ0n) is 20.5. The van der Waals surface area contributed by atoms with Crippen LogP contribution in [-0.2, 0) is 28.4 Å². The number of hydrogen-bond donors (Lipinski definition) is 1. The molecule has 2 aromatic heterocycles. The normalized spacial score (nSPS) is 14.6. The molecule has 0 bridgehead atoms. The van der Waals surface area contributed by atoms with Gasteiger partial charge in [-0.25, -0.2) is 13.4 Å². The quantitative estimate of drug-likeness (QED) is 0.348. The molecule has 1 aliphatic carbocycles. The molecule has 1 aromatic carbocycles. The molecule has 0 saturated heterocycles. The van der Waals surface area contributed by atoms with Crippen molar-refractivity contribution in [2.45, 2.75) is 31.1 Å². The van der Waals surface area contributed by atoms with Gasteiger partial charge in [-0.3, -0.25) is 9.59 Å². The van der Waals surface area contributed by atoms with Crippen LogP contribution in [0.1, 0.15) is 41.3 Å². The second-order valence-electron chi connectivity index (χ2n) is 8.73. The van der Waals surface area contributed by atoms with Gasteiger partial charge in [0.05, 0.1) is 18.7 Å². The molecule has 1 saturated carbocycles. The van der Waals surface area contributed by atoms with Gasteiger partial charge in [-0.05, 0) is 42.7 Å². The number of nitriles is 1. The number of aryl methyl sites for hydroxylation is 1. The number of hydrogen-bond acceptors (Lipinski definition) is 8. The number of sulfonamides is 1. The Balaban J connectivity index is 1.56. The minimum absolute atomic E-state index is 0.0296. The number of benzene rings is 1. The summed E-state index contributed by atoms with van der Waals surface area (Å²) < 4.78 is 39.9. The molecule has 11 nitrogen and oxygen atoms in total. The van der Waals surface area contributed by atoms with Crippen LogP contribution in [0, 0.1) is 11.3 Å². The summed E-state index contributed by atoms with van der Waals surface area (Å²) in [6, 6.07) is 11.9. The van der Waals surface area contributed by atoms with Crippen LogP contribution in [0.3, 0.4) is 0 Å². The first kappa shape index (κ1) is 25.8. The third-order valence-corrected chi connectivity index (χ3v) is 8.36. The van der Waals surface area contributed by atoms with Crippen molar-refractivity contribution < 1.29 is 22.7 Å². The SMILES string of the molecule is CO/C(C)=N\S(=O)(=O)C1(COc2nccc3cc(C(=O)NCc4ccc(C#N)cc4)c(=O)n(C)c23)CC1. The molecule has 0 radical (unpaired) electrons. The Labute approximate surface area is 213 Å². The molecule has 0 spiro atoms. The third-order valence-electron chi connectivity index (χ3n) is 6.24. The van der Waals surface area contributed by atoms with E-state index in [0.717, 1.165) is 5.56 Å². The summed E-state index contributed by atoms with van der Waals surface area (Å²) in [7, 11) is -1.05. The summed E-state index contributed by atoms with van der Waals surface area (Å²) in [6.07, 6.45) is 2.22. The molecule has 1 aliphatic rings. The van der Waals surface area contributed by atoms with Crippen molar-refractivity contribution >= 4 is 32.7 Å². The minimum atomic E-state index is -3.88. The van der Waals surface area contributed by atoms with Crippen molar-refractivity contribution in [3.63, 3.8) is 0 Å². The van der Waals surface area contributed by atoms with Crippen molar-refractivity contribution in [1.29, 1.82) is 5.26 Å². The highest BCUT2D eigenvalue weighted by atomic mass is 32.2. The zero-order chi connectivity index (χ0) is 26.8. The van der Waals surface area contributed by atoms with E-state index in [0.29, 0.717) is 29.3 Å². The third kappa shape index (κ3) is 5.17. The number of amides is 1. The van der Waals surface area contributed by atoms with Gasteiger partial charge in [0.15, 0.2) is 5.90 Å². The highest BCUT2D eigenvalue weighted by molar-refractivity contribution is 7.92. The maximum Gasteiger partial charge on any atom is 0.265 e. The molecule has 1 amide bonds. The van der Waals surface area contributed by atoms with E-state index in [9.17, 15) is 18.0 Å². The molecule has 12 heteroatoms. The standard InChI is InChI=1S/C25H25N5O6S/c1-16(35-3)29-37(33,34)25(9-10-25)15-36-23-21-19(8-11-27-23)12-20(24(32)30(21)2)22(31)28-14-18-6-4-17(13-26)5-7-18/h4-8,11-12H,9-10,14-15H2,1-3H3,(H,28,31)/b29-16-. The summed E-state index contributed by atoms with van der Waals surface area (Å²) in [6.45, 7) is 1.44. The van der Waals surface area contributed by atoms with Gasteiger partial charge in [-0.1, -0.05) is 12.1 Å². The Morgan fingerprint density at radius 1 is 1.27 bits per heavy atom. The van der Waals surface area contributed by atoms with Crippen LogP contribution in [0.15, 0.2) is 51.8 Å². The first-order valence-corrected chi connectivity index (χ1v) is 12.8. The lowest BCUT2D eigenvalue weighted by molar-refractivity contribution is 0.0949. The van der Waals surface area contributed by atoms with E-state index in [2.05, 4.69) is 14.7 Å². The van der Waals surface area contributed by atoms with Gasteiger partial charge in [0.2, 0.25) is 5.88 Å². The summed E-state index contributed by atoms with van der Waals surface area (Å²) in [5, 5.41) is 12.1. The van der Waals surface area contributed by atoms with Gasteiger partial charge in [0.25, 0.3) is 21.5 Å². The largest absolute Gasteiger partial charge is 0.484 e. The molecule has 0 atom stereocenters. The lowest BCUT2D eigenvalue weighted by Gasteiger charge is -2.16. The van der Waals surface area contributed by atoms with E-state index in [1.165, 1.54) is 37.9 Å². The first-order chi connectivity index (χ1) is 17.6. The fourth-order valence-electron chi connectivity index (χ4n) is 3.76. The Kier molecular flexibility index (Phi) is 7.00. The van der Waals surface area contributed by atoms with Gasteiger partial charge in [-0.2, -0.15) is 5.26 Å². The van der Waals surface area contributed by atoms with Crippen molar-refractivity contribution in [2.75, 3.05) is 13.7 Å². The Morgan fingerprint density at radius 2 is 1.97 bits per heavy atom. The molecular formula is C25H25N5O6S. The van der Waals surface area contributed by atoms with Gasteiger partial charge >= 0.3 is 0 Å². The number of nitrogens with zero attached hydrogens (tertiary/aromatic N) is 4. The van der Waals surface area contributed by atoms with Crippen LogP contribution in [0.5, 0.6) is 5.88 Å². The first-order valence-electron chi connectivity index (χ1n) is 11.3. The van der Waals surface area contributed by atoms with E-state index < -0.39 is 26.2 Å². The molecule has 0 aliphatic heterocycles. The number of rotatable bonds is 8. The van der Waals surface area contributed by atoms with Crippen LogP contribution in [-0.4, -0.2) is 48.2 Å². The highest BCUT2D eigenvalue weighted by Gasteiger charge is 2.56. The van der Waals surface area contributed by atoms with Crippen LogP contribution in [0.2, 0.25) is 0 Å². The van der Waals surface area contributed by atoms with E-state index in [1.807, 2.05) is 6.07 Å². The maximum absolute atomic E-state index is 13.1. The van der Waals surface area contributed by atoms with Gasteiger partial charge in [0.1, 0.15) is 22.4 Å². The molecule has 2 heterocycles. The number of carbonyl (C=O) groups is 1. The van der Waals surface area contributed by atoms with Crippen molar-refractivity contribution in [3.05, 3.63) is 69.6 Å². The molecule has 192 valence electrons. The van der Waals surface area contributed by atoms with Gasteiger partial charge in [0, 0.05) is 32.1 Å². The van der Waals surface area contributed by atoms with Gasteiger partial charge < -0.3 is 19.4 Å². The number of methoxy groups -OCH3 is 1. The molecule has 1 N–H and O–H groups in total. The number of carbonyl (C=O) groups excluding carboxylic acids is 1. The smallest absolute Gasteiger partial charge is 0.265 e. The van der Waals surface area contributed by atoms with E-state index >= 15 is 0 Å². The number of pyridine rings is 2. The number of nitrogens with one attached hydrogen (secondary N) is 1. The average molecular weight is 524 g/mol. The molecule has 0 unspecified atom stereocenters. The molecule has 3 aromatic rings. The highest BCUT2D eigenvalue weighted by Crippen LogP contribution is 2.45. The second kappa shape index (κ2) is 10.0. The topological polar surface area (TPSA) is 153 Å². The van der Waals surface area contributed by atoms with Crippen LogP contribution in [0.4, 0.5) is 0 Å². The Morgan fingerprint density at radius 3 is 2.59 bits per heavy atom. The molecular weight excluding hydrogens is 498 g/mol. The number of ether oxygens (including phenoxy) is 2. The van der Waals surface area contributed by atoms with Crippen LogP contribution >= 0.6 is 0 Å². The fraction of sp³-hybridized carbons (Fsp3) is 0.320. The molecule has 4 rings (SSSR count). The monoisotopic (exact) mass is 523 g/mol. The molecule has 1 fully saturated rings. The minimum Gasteiger partial charge on any atom is -0.484 e. The number of aromatic nitrogens is 2. The van der Waals surface area contributed by atoms with E-state index in [1.54, 1.807) is 30.3 Å². The number of fused-ring (bicyclic) bond motifs is 1. The van der Waals surface area contributed by atoms with Crippen molar-refractivity contribution in [3.8, 4) is 11.9 Å². The lowest BCUT2D eigenvalue weighted by atomic mass is 10.1. The van der Waals surface area contributed by atoms with Crippen LogP contribution < -0.4 is 15.6 Å². The zero-order valence-corrected chi connectivity index (χ0v) is 21.3. The van der Waals surface area contributed by atoms with E-state index in [-0.39, 0.29) is 30.5 Å². The predicted octanol–water partition coefficient (Wildman–Crippen LogP) is 2.04. The second-order valence-corrected chi connectivity index (χ2v) is 10.7. The Bertz CT molecular complexity index is 1600. The lowest BCUT2D eigenvalue weighted by Crippen LogP contribution is -2.32. The Hall–Kier alpha value is -4.24. The average Bonchev–Trinajstić information content (AvgIpc) is 3.70. The summed E-state index contributed by atoms with van der Waals surface area (Å²) in [4.78, 5) is 30.1.